The van der Waals surface area contributed by atoms with Crippen LogP contribution in [0.15, 0.2) is 47.4 Å². The van der Waals surface area contributed by atoms with Crippen molar-refractivity contribution < 1.29 is 13.2 Å². The van der Waals surface area contributed by atoms with E-state index in [1.165, 1.54) is 22.5 Å². The lowest BCUT2D eigenvalue weighted by Crippen LogP contribution is -2.50. The molecule has 1 heterocycles. The zero-order chi connectivity index (χ0) is 21.4. The van der Waals surface area contributed by atoms with Crippen LogP contribution in [-0.2, 0) is 15.4 Å². The fourth-order valence-electron chi connectivity index (χ4n) is 3.22. The van der Waals surface area contributed by atoms with Gasteiger partial charge in [-0.25, -0.2) is 8.42 Å². The molecule has 0 radical (unpaired) electrons. The number of benzene rings is 2. The summed E-state index contributed by atoms with van der Waals surface area (Å²) in [6.45, 7) is 7.43. The fraction of sp³-hybridized carbons (Fsp3) is 0.381. The molecule has 2 aromatic rings. The number of nitrogens with zero attached hydrogens (tertiary/aromatic N) is 2. The van der Waals surface area contributed by atoms with Gasteiger partial charge in [-0.3, -0.25) is 4.79 Å². The number of carbonyl (C=O) groups is 1. The van der Waals surface area contributed by atoms with Gasteiger partial charge in [0.25, 0.3) is 5.91 Å². The van der Waals surface area contributed by atoms with Gasteiger partial charge >= 0.3 is 0 Å². The largest absolute Gasteiger partial charge is 0.336 e. The minimum Gasteiger partial charge on any atom is -0.336 e. The molecule has 5 nitrogen and oxygen atoms in total. The van der Waals surface area contributed by atoms with Crippen molar-refractivity contribution in [1.29, 1.82) is 0 Å². The molecule has 0 spiro atoms. The summed E-state index contributed by atoms with van der Waals surface area (Å²) in [7, 11) is -3.69. The number of halogens is 2. The quantitative estimate of drug-likeness (QED) is 0.688. The smallest absolute Gasteiger partial charge is 0.253 e. The molecule has 29 heavy (non-hydrogen) atoms. The van der Waals surface area contributed by atoms with Crippen LogP contribution in [0.1, 0.15) is 36.7 Å². The van der Waals surface area contributed by atoms with Crippen molar-refractivity contribution in [2.45, 2.75) is 31.1 Å². The summed E-state index contributed by atoms with van der Waals surface area (Å²) in [6.07, 6.45) is 0. The van der Waals surface area contributed by atoms with Gasteiger partial charge in [0.05, 0.1) is 14.9 Å². The summed E-state index contributed by atoms with van der Waals surface area (Å²) in [5.74, 6) is -0.0808. The Morgan fingerprint density at radius 1 is 0.931 bits per heavy atom. The Kier molecular flexibility index (Phi) is 6.30. The summed E-state index contributed by atoms with van der Waals surface area (Å²) >= 11 is 11.9. The van der Waals surface area contributed by atoms with E-state index in [-0.39, 0.29) is 34.3 Å². The van der Waals surface area contributed by atoms with Crippen LogP contribution in [0.2, 0.25) is 10.0 Å². The second-order valence-electron chi connectivity index (χ2n) is 8.10. The number of rotatable bonds is 3. The Labute approximate surface area is 182 Å². The molecule has 1 aliphatic rings. The highest BCUT2D eigenvalue weighted by molar-refractivity contribution is 7.89. The third-order valence-electron chi connectivity index (χ3n) is 5.03. The van der Waals surface area contributed by atoms with Gasteiger partial charge in [-0.2, -0.15) is 4.31 Å². The maximum Gasteiger partial charge on any atom is 0.253 e. The highest BCUT2D eigenvalue weighted by Gasteiger charge is 2.31. The zero-order valence-corrected chi connectivity index (χ0v) is 19.0. The van der Waals surface area contributed by atoms with E-state index in [2.05, 4.69) is 20.8 Å². The predicted octanol–water partition coefficient (Wildman–Crippen LogP) is 4.44. The van der Waals surface area contributed by atoms with Gasteiger partial charge in [-0.1, -0.05) is 56.1 Å². The molecule has 2 aromatic carbocycles. The SMILES string of the molecule is CC(C)(C)c1cccc(C(=O)N2CCN(S(=O)(=O)c3ccc(Cl)c(Cl)c3)CC2)c1. The molecule has 1 aliphatic heterocycles. The normalized spacial score (nSPS) is 16.1. The maximum absolute atomic E-state index is 12.9. The van der Waals surface area contributed by atoms with Crippen molar-refractivity contribution in [3.63, 3.8) is 0 Å². The second kappa shape index (κ2) is 8.26. The van der Waals surface area contributed by atoms with Crippen molar-refractivity contribution in [2.75, 3.05) is 26.2 Å². The van der Waals surface area contributed by atoms with Crippen molar-refractivity contribution in [3.8, 4) is 0 Å². The van der Waals surface area contributed by atoms with Crippen LogP contribution in [0.4, 0.5) is 0 Å². The average Bonchev–Trinajstić information content (AvgIpc) is 2.69. The van der Waals surface area contributed by atoms with E-state index < -0.39 is 10.0 Å². The average molecular weight is 455 g/mol. The number of hydrogen-bond donors (Lipinski definition) is 0. The lowest BCUT2D eigenvalue weighted by Gasteiger charge is -2.34. The highest BCUT2D eigenvalue weighted by atomic mass is 35.5. The number of sulfonamides is 1. The summed E-state index contributed by atoms with van der Waals surface area (Å²) in [6, 6.07) is 11.9. The molecule has 0 N–H and O–H groups in total. The molecule has 0 saturated carbocycles. The lowest BCUT2D eigenvalue weighted by molar-refractivity contribution is 0.0697. The van der Waals surface area contributed by atoms with Gasteiger partial charge < -0.3 is 4.90 Å². The first kappa shape index (κ1) is 22.1. The predicted molar refractivity (Wildman–Crippen MR) is 116 cm³/mol. The van der Waals surface area contributed by atoms with Crippen LogP contribution in [-0.4, -0.2) is 49.7 Å². The zero-order valence-electron chi connectivity index (χ0n) is 16.7. The van der Waals surface area contributed by atoms with Gasteiger partial charge in [0.2, 0.25) is 10.0 Å². The minimum atomic E-state index is -3.69. The van der Waals surface area contributed by atoms with E-state index in [9.17, 15) is 13.2 Å². The highest BCUT2D eigenvalue weighted by Crippen LogP contribution is 2.27. The molecule has 156 valence electrons. The van der Waals surface area contributed by atoms with Gasteiger partial charge in [0, 0.05) is 31.7 Å². The van der Waals surface area contributed by atoms with Crippen LogP contribution in [0.3, 0.4) is 0 Å². The maximum atomic E-state index is 12.9. The molecule has 8 heteroatoms. The van der Waals surface area contributed by atoms with E-state index >= 15 is 0 Å². The van der Waals surface area contributed by atoms with Crippen molar-refractivity contribution in [2.24, 2.45) is 0 Å². The fourth-order valence-corrected chi connectivity index (χ4v) is 5.03. The molecule has 0 aromatic heterocycles. The Hall–Kier alpha value is -1.60. The number of piperazine rings is 1. The van der Waals surface area contributed by atoms with Gasteiger partial charge in [-0.15, -0.1) is 0 Å². The topological polar surface area (TPSA) is 57.7 Å². The molecule has 1 saturated heterocycles. The van der Waals surface area contributed by atoms with Crippen LogP contribution in [0, 0.1) is 0 Å². The van der Waals surface area contributed by atoms with Crippen LogP contribution >= 0.6 is 23.2 Å². The van der Waals surface area contributed by atoms with E-state index in [1.54, 1.807) is 11.0 Å². The molecule has 0 aliphatic carbocycles. The van der Waals surface area contributed by atoms with Gasteiger partial charge in [-0.05, 0) is 41.3 Å². The van der Waals surface area contributed by atoms with Crippen LogP contribution in [0.25, 0.3) is 0 Å². The molecule has 1 amide bonds. The second-order valence-corrected chi connectivity index (χ2v) is 10.9. The molecular weight excluding hydrogens is 431 g/mol. The molecule has 1 fully saturated rings. The summed E-state index contributed by atoms with van der Waals surface area (Å²) < 4.78 is 27.1. The van der Waals surface area contributed by atoms with Gasteiger partial charge in [0.1, 0.15) is 0 Å². The number of carbonyl (C=O) groups excluding carboxylic acids is 1. The van der Waals surface area contributed by atoms with Crippen LogP contribution in [0.5, 0.6) is 0 Å². The van der Waals surface area contributed by atoms with Gasteiger partial charge in [0.15, 0.2) is 0 Å². The Morgan fingerprint density at radius 3 is 2.17 bits per heavy atom. The third-order valence-corrected chi connectivity index (χ3v) is 7.66. The third kappa shape index (κ3) is 4.77. The number of amides is 1. The van der Waals surface area contributed by atoms with Crippen molar-refractivity contribution in [1.82, 2.24) is 9.21 Å². The monoisotopic (exact) mass is 454 g/mol. The van der Waals surface area contributed by atoms with Crippen molar-refractivity contribution in [3.05, 3.63) is 63.6 Å². The Balaban J connectivity index is 1.72. The summed E-state index contributed by atoms with van der Waals surface area (Å²) in [4.78, 5) is 14.7. The first-order valence-corrected chi connectivity index (χ1v) is 11.5. The van der Waals surface area contributed by atoms with E-state index in [0.29, 0.717) is 23.7 Å². The molecule has 0 unspecified atom stereocenters. The minimum absolute atomic E-state index is 0.0527. The summed E-state index contributed by atoms with van der Waals surface area (Å²) in [5.41, 5.74) is 1.66. The van der Waals surface area contributed by atoms with E-state index in [1.807, 2.05) is 18.2 Å². The molecule has 0 atom stereocenters. The van der Waals surface area contributed by atoms with Crippen LogP contribution < -0.4 is 0 Å². The first-order valence-electron chi connectivity index (χ1n) is 9.35. The van der Waals surface area contributed by atoms with E-state index in [0.717, 1.165) is 5.56 Å². The first-order chi connectivity index (χ1) is 13.5. The molecule has 3 rings (SSSR count). The Morgan fingerprint density at radius 2 is 1.59 bits per heavy atom. The standard InChI is InChI=1S/C21H24Cl2N2O3S/c1-21(2,3)16-6-4-5-15(13-16)20(26)24-9-11-25(12-10-24)29(27,28)17-7-8-18(22)19(23)14-17/h4-8,13-14H,9-12H2,1-3H3. The van der Waals surface area contributed by atoms with Crippen molar-refractivity contribution >= 4 is 39.1 Å². The van der Waals surface area contributed by atoms with E-state index in [4.69, 9.17) is 23.2 Å². The number of hydrogen-bond acceptors (Lipinski definition) is 3. The molecule has 0 bridgehead atoms. The Bertz CT molecular complexity index is 1020. The summed E-state index contributed by atoms with van der Waals surface area (Å²) in [5, 5.41) is 0.499. The lowest BCUT2D eigenvalue weighted by atomic mass is 9.86. The molecular formula is C21H24Cl2N2O3S.